The summed E-state index contributed by atoms with van der Waals surface area (Å²) in [6.07, 6.45) is 2.89. The number of nitrogen functional groups attached to an aromatic ring is 1. The van der Waals surface area contributed by atoms with E-state index < -0.39 is 0 Å². The lowest BCUT2D eigenvalue weighted by molar-refractivity contribution is 0.0503. The molecule has 1 saturated heterocycles. The zero-order valence-corrected chi connectivity index (χ0v) is 15.2. The van der Waals surface area contributed by atoms with Crippen molar-refractivity contribution in [3.8, 4) is 11.3 Å². The van der Waals surface area contributed by atoms with Crippen molar-refractivity contribution in [1.82, 2.24) is 14.9 Å². The Morgan fingerprint density at radius 2 is 2.00 bits per heavy atom. The molecule has 1 aromatic carbocycles. The van der Waals surface area contributed by atoms with E-state index in [-0.39, 0.29) is 24.5 Å². The molecule has 3 N–H and O–H groups in total. The number of nitrogens with zero attached hydrogens (tertiary/aromatic N) is 4. The van der Waals surface area contributed by atoms with Gasteiger partial charge in [-0.25, -0.2) is 4.98 Å². The maximum atomic E-state index is 12.8. The molecule has 1 fully saturated rings. The maximum absolute atomic E-state index is 12.8. The van der Waals surface area contributed by atoms with Gasteiger partial charge in [-0.1, -0.05) is 12.1 Å². The number of carbonyl (C=O) groups is 1. The summed E-state index contributed by atoms with van der Waals surface area (Å²) in [5.41, 5.74) is 8.01. The van der Waals surface area contributed by atoms with E-state index in [4.69, 9.17) is 5.73 Å². The van der Waals surface area contributed by atoms with Gasteiger partial charge >= 0.3 is 0 Å². The van der Waals surface area contributed by atoms with E-state index in [9.17, 15) is 9.90 Å². The van der Waals surface area contributed by atoms with Crippen molar-refractivity contribution in [3.05, 3.63) is 35.9 Å². The molecule has 1 aliphatic heterocycles. The number of carbonyl (C=O) groups excluding carboxylic acids is 1. The minimum atomic E-state index is -0.0831. The molecule has 3 rings (SSSR count). The number of likely N-dealkylation sites (tertiary alicyclic amines) is 1. The number of aliphatic hydroxyl groups is 1. The monoisotopic (exact) mass is 355 g/mol. The highest BCUT2D eigenvalue weighted by Crippen LogP contribution is 2.24. The molecule has 0 radical (unpaired) electrons. The molecule has 1 aromatic heterocycles. The van der Waals surface area contributed by atoms with Crippen LogP contribution in [-0.2, 0) is 0 Å². The van der Waals surface area contributed by atoms with Gasteiger partial charge in [-0.05, 0) is 31.4 Å². The molecule has 7 nitrogen and oxygen atoms in total. The van der Waals surface area contributed by atoms with Crippen molar-refractivity contribution >= 4 is 17.7 Å². The van der Waals surface area contributed by atoms with Crippen molar-refractivity contribution in [2.24, 2.45) is 0 Å². The summed E-state index contributed by atoms with van der Waals surface area (Å²) in [5, 5.41) is 9.52. The Hall–Kier alpha value is -2.67. The topological polar surface area (TPSA) is 95.6 Å². The average molecular weight is 355 g/mol. The van der Waals surface area contributed by atoms with Crippen LogP contribution < -0.4 is 10.6 Å². The minimum absolute atomic E-state index is 0.0113. The van der Waals surface area contributed by atoms with Crippen LogP contribution in [-0.4, -0.2) is 59.2 Å². The van der Waals surface area contributed by atoms with Gasteiger partial charge in [0, 0.05) is 37.8 Å². The van der Waals surface area contributed by atoms with E-state index >= 15 is 0 Å². The van der Waals surface area contributed by atoms with Gasteiger partial charge in [0.25, 0.3) is 5.91 Å². The zero-order valence-electron chi connectivity index (χ0n) is 15.2. The van der Waals surface area contributed by atoms with Crippen LogP contribution in [0.1, 0.15) is 29.6 Å². The number of aromatic nitrogens is 2. The molecular formula is C19H25N5O2. The first kappa shape index (κ1) is 18.1. The van der Waals surface area contributed by atoms with Crippen LogP contribution in [0.5, 0.6) is 0 Å². The SMILES string of the molecule is CN(C)c1cc(-c2ccc(C(=O)N3CCCC[C@@H]3CO)cc2)nc(N)n1. The van der Waals surface area contributed by atoms with Crippen LogP contribution in [0.15, 0.2) is 30.3 Å². The first-order valence-electron chi connectivity index (χ1n) is 8.83. The molecule has 7 heteroatoms. The van der Waals surface area contributed by atoms with Crippen LogP contribution in [0.3, 0.4) is 0 Å². The molecule has 2 heterocycles. The van der Waals surface area contributed by atoms with E-state index in [0.29, 0.717) is 17.8 Å². The van der Waals surface area contributed by atoms with Crippen LogP contribution in [0.4, 0.5) is 11.8 Å². The number of nitrogens with two attached hydrogens (primary N) is 1. The van der Waals surface area contributed by atoms with Gasteiger partial charge in [-0.3, -0.25) is 4.79 Å². The van der Waals surface area contributed by atoms with Crippen molar-refractivity contribution in [3.63, 3.8) is 0 Å². The van der Waals surface area contributed by atoms with E-state index in [1.165, 1.54) is 0 Å². The molecule has 1 aliphatic rings. The fourth-order valence-electron chi connectivity index (χ4n) is 3.24. The van der Waals surface area contributed by atoms with Crippen LogP contribution in [0.25, 0.3) is 11.3 Å². The van der Waals surface area contributed by atoms with Crippen molar-refractivity contribution in [2.75, 3.05) is 37.9 Å². The summed E-state index contributed by atoms with van der Waals surface area (Å²) >= 11 is 0. The number of amides is 1. The standard InChI is InChI=1S/C19H25N5O2/c1-23(2)17-11-16(21-19(20)22-17)13-6-8-14(9-7-13)18(26)24-10-4-3-5-15(24)12-25/h6-9,11,15,25H,3-5,10,12H2,1-2H3,(H2,20,21,22)/t15-/m1/s1. The number of anilines is 2. The second-order valence-electron chi connectivity index (χ2n) is 6.77. The lowest BCUT2D eigenvalue weighted by Gasteiger charge is -2.34. The number of aliphatic hydroxyl groups excluding tert-OH is 1. The molecule has 0 spiro atoms. The Kier molecular flexibility index (Phi) is 5.37. The molecule has 26 heavy (non-hydrogen) atoms. The van der Waals surface area contributed by atoms with Gasteiger partial charge < -0.3 is 20.6 Å². The third-order valence-corrected chi connectivity index (χ3v) is 4.71. The first-order chi connectivity index (χ1) is 12.5. The van der Waals surface area contributed by atoms with Crippen molar-refractivity contribution in [2.45, 2.75) is 25.3 Å². The third-order valence-electron chi connectivity index (χ3n) is 4.71. The third kappa shape index (κ3) is 3.77. The molecular weight excluding hydrogens is 330 g/mol. The number of benzene rings is 1. The lowest BCUT2D eigenvalue weighted by Crippen LogP contribution is -2.45. The van der Waals surface area contributed by atoms with Gasteiger partial charge in [0.05, 0.1) is 18.3 Å². The van der Waals surface area contributed by atoms with Gasteiger partial charge in [0.2, 0.25) is 5.95 Å². The van der Waals surface area contributed by atoms with E-state index in [1.807, 2.05) is 37.2 Å². The summed E-state index contributed by atoms with van der Waals surface area (Å²) in [4.78, 5) is 24.9. The summed E-state index contributed by atoms with van der Waals surface area (Å²) in [7, 11) is 3.78. The lowest BCUT2D eigenvalue weighted by atomic mass is 10.0. The van der Waals surface area contributed by atoms with Gasteiger partial charge in [0.1, 0.15) is 5.82 Å². The second kappa shape index (κ2) is 7.70. The molecule has 0 saturated carbocycles. The molecule has 0 bridgehead atoms. The predicted molar refractivity (Wildman–Crippen MR) is 102 cm³/mol. The van der Waals surface area contributed by atoms with Gasteiger partial charge in [-0.15, -0.1) is 0 Å². The highest BCUT2D eigenvalue weighted by Gasteiger charge is 2.26. The quantitative estimate of drug-likeness (QED) is 0.868. The smallest absolute Gasteiger partial charge is 0.254 e. The molecule has 0 aliphatic carbocycles. The fourth-order valence-corrected chi connectivity index (χ4v) is 3.24. The second-order valence-corrected chi connectivity index (χ2v) is 6.77. The first-order valence-corrected chi connectivity index (χ1v) is 8.83. The van der Waals surface area contributed by atoms with Crippen LogP contribution in [0.2, 0.25) is 0 Å². The van der Waals surface area contributed by atoms with Crippen LogP contribution >= 0.6 is 0 Å². The Bertz CT molecular complexity index is 776. The van der Waals surface area contributed by atoms with E-state index in [0.717, 1.165) is 30.6 Å². The maximum Gasteiger partial charge on any atom is 0.254 e. The fraction of sp³-hybridized carbons (Fsp3) is 0.421. The predicted octanol–water partition coefficient (Wildman–Crippen LogP) is 1.78. The van der Waals surface area contributed by atoms with Gasteiger partial charge in [0.15, 0.2) is 0 Å². The average Bonchev–Trinajstić information content (AvgIpc) is 2.67. The van der Waals surface area contributed by atoms with Crippen LogP contribution in [0, 0.1) is 0 Å². The largest absolute Gasteiger partial charge is 0.394 e. The van der Waals surface area contributed by atoms with Gasteiger partial charge in [-0.2, -0.15) is 4.98 Å². The molecule has 1 atom stereocenters. The Balaban J connectivity index is 1.83. The summed E-state index contributed by atoms with van der Waals surface area (Å²) in [6.45, 7) is 0.706. The van der Waals surface area contributed by atoms with Crippen molar-refractivity contribution in [1.29, 1.82) is 0 Å². The molecule has 1 amide bonds. The zero-order chi connectivity index (χ0) is 18.7. The Morgan fingerprint density at radius 1 is 1.27 bits per heavy atom. The molecule has 138 valence electrons. The summed E-state index contributed by atoms with van der Waals surface area (Å²) < 4.78 is 0. The Morgan fingerprint density at radius 3 is 2.65 bits per heavy atom. The number of hydrogen-bond acceptors (Lipinski definition) is 6. The normalized spacial score (nSPS) is 17.2. The Labute approximate surface area is 153 Å². The minimum Gasteiger partial charge on any atom is -0.394 e. The van der Waals surface area contributed by atoms with Crippen molar-refractivity contribution < 1.29 is 9.90 Å². The van der Waals surface area contributed by atoms with E-state index in [1.54, 1.807) is 17.0 Å². The summed E-state index contributed by atoms with van der Waals surface area (Å²) in [6, 6.07) is 9.11. The summed E-state index contributed by atoms with van der Waals surface area (Å²) in [5.74, 6) is 0.906. The number of rotatable bonds is 4. The molecule has 0 unspecified atom stereocenters. The van der Waals surface area contributed by atoms with E-state index in [2.05, 4.69) is 9.97 Å². The number of piperidine rings is 1. The highest BCUT2D eigenvalue weighted by molar-refractivity contribution is 5.95. The number of hydrogen-bond donors (Lipinski definition) is 2. The highest BCUT2D eigenvalue weighted by atomic mass is 16.3. The molecule has 2 aromatic rings.